The number of halogens is 1. The molecule has 1 atom stereocenters. The summed E-state index contributed by atoms with van der Waals surface area (Å²) < 4.78 is 28.0. The SMILES string of the molecule is CC(C)CCN1CCC(n2cc(C=C(F)B3OC(C)(C)C(C)(C)O3)nn2)C1. The summed E-state index contributed by atoms with van der Waals surface area (Å²) in [6.45, 7) is 15.3. The van der Waals surface area contributed by atoms with Crippen molar-refractivity contribution in [1.82, 2.24) is 19.9 Å². The lowest BCUT2D eigenvalue weighted by Gasteiger charge is -2.32. The van der Waals surface area contributed by atoms with Gasteiger partial charge in [0.25, 0.3) is 0 Å². The average molecular weight is 378 g/mol. The second-order valence-corrected chi connectivity index (χ2v) is 9.17. The van der Waals surface area contributed by atoms with Crippen LogP contribution < -0.4 is 0 Å². The quantitative estimate of drug-likeness (QED) is 0.709. The van der Waals surface area contributed by atoms with E-state index in [1.807, 2.05) is 32.4 Å². The summed E-state index contributed by atoms with van der Waals surface area (Å²) in [6, 6.07) is 0.298. The minimum absolute atomic E-state index is 0.298. The number of aromatic nitrogens is 3. The van der Waals surface area contributed by atoms with E-state index in [1.165, 1.54) is 12.5 Å². The van der Waals surface area contributed by atoms with E-state index in [4.69, 9.17) is 9.31 Å². The molecule has 3 heterocycles. The van der Waals surface area contributed by atoms with Crippen LogP contribution in [-0.4, -0.2) is 57.8 Å². The standard InChI is InChI=1S/C19H32BFN4O2/c1-14(2)7-9-24-10-8-16(13-24)25-12-15(22-23-25)11-17(21)20-26-18(3,4)19(5,6)27-20/h11-12,14,16H,7-10,13H2,1-6H3. The smallest absolute Gasteiger partial charge is 0.398 e. The van der Waals surface area contributed by atoms with Crippen LogP contribution in [0.25, 0.3) is 6.08 Å². The molecule has 0 N–H and O–H groups in total. The first kappa shape index (κ1) is 20.5. The molecule has 2 fully saturated rings. The lowest BCUT2D eigenvalue weighted by molar-refractivity contribution is 0.00578. The van der Waals surface area contributed by atoms with Gasteiger partial charge in [0.2, 0.25) is 0 Å². The van der Waals surface area contributed by atoms with Crippen LogP contribution in [0.5, 0.6) is 0 Å². The first-order chi connectivity index (χ1) is 12.6. The largest absolute Gasteiger partial charge is 0.525 e. The highest BCUT2D eigenvalue weighted by molar-refractivity contribution is 6.54. The summed E-state index contributed by atoms with van der Waals surface area (Å²) >= 11 is 0. The number of hydrogen-bond donors (Lipinski definition) is 0. The van der Waals surface area contributed by atoms with Gasteiger partial charge in [-0.2, -0.15) is 0 Å². The van der Waals surface area contributed by atoms with Crippen molar-refractivity contribution < 1.29 is 13.7 Å². The van der Waals surface area contributed by atoms with Gasteiger partial charge in [-0.3, -0.25) is 0 Å². The van der Waals surface area contributed by atoms with E-state index in [2.05, 4.69) is 29.1 Å². The Morgan fingerprint density at radius 3 is 2.63 bits per heavy atom. The minimum Gasteiger partial charge on any atom is -0.398 e. The Kier molecular flexibility index (Phi) is 5.80. The molecular weight excluding hydrogens is 346 g/mol. The third-order valence-electron chi connectivity index (χ3n) is 5.94. The second-order valence-electron chi connectivity index (χ2n) is 9.17. The zero-order valence-corrected chi connectivity index (χ0v) is 17.4. The molecule has 0 aromatic carbocycles. The molecule has 3 rings (SSSR count). The topological polar surface area (TPSA) is 52.4 Å². The fourth-order valence-corrected chi connectivity index (χ4v) is 3.37. The molecule has 2 aliphatic rings. The summed E-state index contributed by atoms with van der Waals surface area (Å²) in [5.41, 5.74) is -1.12. The predicted molar refractivity (Wildman–Crippen MR) is 105 cm³/mol. The molecule has 1 aromatic heterocycles. The summed E-state index contributed by atoms with van der Waals surface area (Å²) in [5.74, 6) is 0.713. The Morgan fingerprint density at radius 1 is 1.33 bits per heavy atom. The van der Waals surface area contributed by atoms with Crippen LogP contribution in [0, 0.1) is 5.92 Å². The van der Waals surface area contributed by atoms with Gasteiger partial charge < -0.3 is 14.2 Å². The normalized spacial score (nSPS) is 25.7. The zero-order valence-electron chi connectivity index (χ0n) is 17.4. The molecule has 0 saturated carbocycles. The van der Waals surface area contributed by atoms with Gasteiger partial charge in [0.15, 0.2) is 0 Å². The molecular formula is C19H32BFN4O2. The highest BCUT2D eigenvalue weighted by atomic mass is 19.1. The maximum absolute atomic E-state index is 14.6. The fraction of sp³-hybridized carbons (Fsp3) is 0.789. The van der Waals surface area contributed by atoms with Crippen molar-refractivity contribution in [3.63, 3.8) is 0 Å². The summed E-state index contributed by atoms with van der Waals surface area (Å²) in [4.78, 5) is 2.47. The van der Waals surface area contributed by atoms with Gasteiger partial charge in [-0.15, -0.1) is 5.10 Å². The molecule has 0 aliphatic carbocycles. The lowest BCUT2D eigenvalue weighted by atomic mass is 9.87. The zero-order chi connectivity index (χ0) is 19.8. The molecule has 2 saturated heterocycles. The molecule has 0 bridgehead atoms. The van der Waals surface area contributed by atoms with E-state index >= 15 is 0 Å². The number of nitrogens with zero attached hydrogens (tertiary/aromatic N) is 4. The average Bonchev–Trinajstić information content (AvgIpc) is 3.24. The molecule has 8 heteroatoms. The Hall–Kier alpha value is -1.25. The van der Waals surface area contributed by atoms with E-state index in [0.29, 0.717) is 17.7 Å². The first-order valence-corrected chi connectivity index (χ1v) is 9.94. The predicted octanol–water partition coefficient (Wildman–Crippen LogP) is 3.51. The molecule has 2 aliphatic heterocycles. The number of hydrogen-bond acceptors (Lipinski definition) is 5. The molecule has 0 amide bonds. The van der Waals surface area contributed by atoms with E-state index in [9.17, 15) is 4.39 Å². The van der Waals surface area contributed by atoms with Gasteiger partial charge in [0.05, 0.1) is 23.4 Å². The first-order valence-electron chi connectivity index (χ1n) is 9.94. The van der Waals surface area contributed by atoms with Gasteiger partial charge in [0.1, 0.15) is 11.4 Å². The molecule has 6 nitrogen and oxygen atoms in total. The van der Waals surface area contributed by atoms with Gasteiger partial charge in [-0.05, 0) is 59.1 Å². The van der Waals surface area contributed by atoms with Gasteiger partial charge in [-0.25, -0.2) is 9.07 Å². The molecule has 27 heavy (non-hydrogen) atoms. The van der Waals surface area contributed by atoms with Crippen molar-refractivity contribution in [1.29, 1.82) is 0 Å². The van der Waals surface area contributed by atoms with Crippen LogP contribution in [0.3, 0.4) is 0 Å². The maximum atomic E-state index is 14.6. The van der Waals surface area contributed by atoms with E-state index in [-0.39, 0.29) is 0 Å². The van der Waals surface area contributed by atoms with Gasteiger partial charge in [-0.1, -0.05) is 19.1 Å². The van der Waals surface area contributed by atoms with Gasteiger partial charge in [0, 0.05) is 13.1 Å². The van der Waals surface area contributed by atoms with E-state index in [0.717, 1.165) is 26.1 Å². The van der Waals surface area contributed by atoms with Crippen LogP contribution in [0.2, 0.25) is 0 Å². The summed E-state index contributed by atoms with van der Waals surface area (Å²) in [6.07, 6.45) is 5.42. The van der Waals surface area contributed by atoms with Crippen molar-refractivity contribution in [2.24, 2.45) is 5.92 Å². The van der Waals surface area contributed by atoms with Crippen LogP contribution in [0.15, 0.2) is 11.9 Å². The van der Waals surface area contributed by atoms with Crippen LogP contribution >= 0.6 is 0 Å². The molecule has 0 radical (unpaired) electrons. The van der Waals surface area contributed by atoms with Crippen molar-refractivity contribution in [3.05, 3.63) is 17.6 Å². The van der Waals surface area contributed by atoms with Crippen LogP contribution in [0.1, 0.15) is 66.1 Å². The van der Waals surface area contributed by atoms with Crippen LogP contribution in [-0.2, 0) is 9.31 Å². The van der Waals surface area contributed by atoms with Crippen LogP contribution in [0.4, 0.5) is 4.39 Å². The van der Waals surface area contributed by atoms with E-state index < -0.39 is 24.0 Å². The highest BCUT2D eigenvalue weighted by Crippen LogP contribution is 2.39. The fourth-order valence-electron chi connectivity index (χ4n) is 3.37. The Morgan fingerprint density at radius 2 is 2.00 bits per heavy atom. The van der Waals surface area contributed by atoms with E-state index in [1.54, 1.807) is 6.20 Å². The van der Waals surface area contributed by atoms with Crippen molar-refractivity contribution >= 4 is 13.2 Å². The number of rotatable bonds is 6. The minimum atomic E-state index is -1.00. The third-order valence-corrected chi connectivity index (χ3v) is 5.94. The molecule has 1 unspecified atom stereocenters. The van der Waals surface area contributed by atoms with Crippen molar-refractivity contribution in [2.45, 2.75) is 71.6 Å². The highest BCUT2D eigenvalue weighted by Gasteiger charge is 2.53. The lowest BCUT2D eigenvalue weighted by Crippen LogP contribution is -2.41. The second kappa shape index (κ2) is 7.64. The van der Waals surface area contributed by atoms with Crippen molar-refractivity contribution in [3.8, 4) is 0 Å². The van der Waals surface area contributed by atoms with Crippen molar-refractivity contribution in [2.75, 3.05) is 19.6 Å². The monoisotopic (exact) mass is 378 g/mol. The molecule has 1 aromatic rings. The Bertz CT molecular complexity index is 673. The summed E-state index contributed by atoms with van der Waals surface area (Å²) in [5, 5.41) is 8.32. The third kappa shape index (κ3) is 4.61. The summed E-state index contributed by atoms with van der Waals surface area (Å²) in [7, 11) is -1.00. The maximum Gasteiger partial charge on any atom is 0.525 e. The van der Waals surface area contributed by atoms with Gasteiger partial charge >= 0.3 is 7.12 Å². The Balaban J connectivity index is 1.61. The number of likely N-dealkylation sites (tertiary alicyclic amines) is 1. The molecule has 150 valence electrons. The molecule has 0 spiro atoms. The Labute approximate surface area is 162 Å².